The molecule has 11 heteroatoms. The van der Waals surface area contributed by atoms with Crippen molar-refractivity contribution < 1.29 is 17.9 Å². The molecule has 176 valence electrons. The normalized spacial score (nSPS) is 17.8. The Kier molecular flexibility index (Phi) is 5.43. The van der Waals surface area contributed by atoms with Gasteiger partial charge in [-0.3, -0.25) is 9.67 Å². The summed E-state index contributed by atoms with van der Waals surface area (Å²) in [6, 6.07) is 12.2. The Morgan fingerprint density at radius 2 is 1.85 bits per heavy atom. The minimum Gasteiger partial charge on any atom is -0.497 e. The predicted molar refractivity (Wildman–Crippen MR) is 124 cm³/mol. The van der Waals surface area contributed by atoms with E-state index < -0.39 is 18.3 Å². The summed E-state index contributed by atoms with van der Waals surface area (Å²) in [6.07, 6.45) is -3.28. The molecule has 0 fully saturated rings. The van der Waals surface area contributed by atoms with Crippen LogP contribution in [0, 0.1) is 11.7 Å². The fraction of sp³-hybridized carbons (Fsp3) is 0.261. The van der Waals surface area contributed by atoms with Crippen molar-refractivity contribution in [2.24, 2.45) is 0 Å². The largest absolute Gasteiger partial charge is 0.497 e. The lowest BCUT2D eigenvalue weighted by Gasteiger charge is -2.34. The van der Waals surface area contributed by atoms with Crippen LogP contribution >= 0.6 is 12.2 Å². The number of para-hydroxylation sites is 1. The number of nitrogens with zero attached hydrogens (tertiary/aromatic N) is 4. The summed E-state index contributed by atoms with van der Waals surface area (Å²) in [5.74, 6) is 1.24. The number of anilines is 1. The first-order chi connectivity index (χ1) is 16.3. The van der Waals surface area contributed by atoms with Crippen LogP contribution in [0.15, 0.2) is 54.7 Å². The minimum atomic E-state index is -4.48. The lowest BCUT2D eigenvalue weighted by Crippen LogP contribution is -2.35. The van der Waals surface area contributed by atoms with Gasteiger partial charge in [-0.25, -0.2) is 4.68 Å². The number of fused-ring (bicyclic) bond motifs is 1. The SMILES string of the molecule is COc1ccc([C@H]2C[C@@H](C(F)(F)F)n3ncc(-c4n[nH]c(=S)n4-c4ccccc4C)c3N2)cc1. The predicted octanol–water partition coefficient (Wildman–Crippen LogP) is 5.77. The second kappa shape index (κ2) is 8.32. The molecule has 2 N–H and O–H groups in total. The van der Waals surface area contributed by atoms with Gasteiger partial charge in [0, 0.05) is 6.42 Å². The number of ether oxygens (including phenoxy) is 1. The molecule has 5 rings (SSSR count). The van der Waals surface area contributed by atoms with E-state index in [0.29, 0.717) is 27.5 Å². The number of hydrogen-bond donors (Lipinski definition) is 2. The quantitative estimate of drug-likeness (QED) is 0.358. The molecule has 0 radical (unpaired) electrons. The molecule has 0 bridgehead atoms. The van der Waals surface area contributed by atoms with Crippen molar-refractivity contribution >= 4 is 18.0 Å². The van der Waals surface area contributed by atoms with Crippen molar-refractivity contribution in [1.29, 1.82) is 0 Å². The van der Waals surface area contributed by atoms with Crippen LogP contribution < -0.4 is 10.1 Å². The molecule has 0 aliphatic carbocycles. The number of hydrogen-bond acceptors (Lipinski definition) is 5. The van der Waals surface area contributed by atoms with Gasteiger partial charge in [-0.2, -0.15) is 23.4 Å². The molecule has 0 saturated carbocycles. The molecule has 1 aliphatic rings. The second-order valence-electron chi connectivity index (χ2n) is 8.09. The Balaban J connectivity index is 1.64. The molecule has 7 nitrogen and oxygen atoms in total. The number of H-pyrrole nitrogens is 1. The Morgan fingerprint density at radius 1 is 1.12 bits per heavy atom. The number of nitrogens with one attached hydrogen (secondary N) is 2. The summed E-state index contributed by atoms with van der Waals surface area (Å²) < 4.78 is 50.5. The van der Waals surface area contributed by atoms with Crippen LogP contribution in [0.2, 0.25) is 0 Å². The summed E-state index contributed by atoms with van der Waals surface area (Å²) in [4.78, 5) is 0. The number of benzene rings is 2. The van der Waals surface area contributed by atoms with E-state index in [-0.39, 0.29) is 12.2 Å². The van der Waals surface area contributed by atoms with Gasteiger partial charge in [0.1, 0.15) is 11.6 Å². The zero-order chi connectivity index (χ0) is 24.0. The Labute approximate surface area is 198 Å². The van der Waals surface area contributed by atoms with Crippen molar-refractivity contribution in [3.05, 3.63) is 70.6 Å². The van der Waals surface area contributed by atoms with Gasteiger partial charge < -0.3 is 10.1 Å². The number of halogens is 3. The molecule has 34 heavy (non-hydrogen) atoms. The number of rotatable bonds is 4. The Bertz CT molecular complexity index is 1390. The topological polar surface area (TPSA) is 72.7 Å². The van der Waals surface area contributed by atoms with E-state index in [1.165, 1.54) is 6.20 Å². The molecule has 2 atom stereocenters. The van der Waals surface area contributed by atoms with Crippen molar-refractivity contribution in [2.75, 3.05) is 12.4 Å². The van der Waals surface area contributed by atoms with E-state index in [1.54, 1.807) is 35.9 Å². The fourth-order valence-electron chi connectivity index (χ4n) is 4.30. The average molecular weight is 487 g/mol. The van der Waals surface area contributed by atoms with Gasteiger partial charge in [-0.05, 0) is 48.5 Å². The molecule has 0 amide bonds. The molecule has 1 aliphatic heterocycles. The van der Waals surface area contributed by atoms with Gasteiger partial charge in [-0.15, -0.1) is 0 Å². The summed E-state index contributed by atoms with van der Waals surface area (Å²) in [5.41, 5.74) is 2.86. The van der Waals surface area contributed by atoms with Gasteiger partial charge in [0.25, 0.3) is 0 Å². The molecule has 0 unspecified atom stereocenters. The first-order valence-electron chi connectivity index (χ1n) is 10.6. The number of aromatic amines is 1. The summed E-state index contributed by atoms with van der Waals surface area (Å²) in [7, 11) is 1.54. The van der Waals surface area contributed by atoms with Crippen molar-refractivity contribution in [3.63, 3.8) is 0 Å². The zero-order valence-corrected chi connectivity index (χ0v) is 19.1. The number of methoxy groups -OCH3 is 1. The highest BCUT2D eigenvalue weighted by Gasteiger charge is 2.47. The maximum Gasteiger partial charge on any atom is 0.410 e. The van der Waals surface area contributed by atoms with Crippen molar-refractivity contribution in [2.45, 2.75) is 31.6 Å². The third kappa shape index (κ3) is 3.75. The van der Waals surface area contributed by atoms with Crippen LogP contribution in [-0.2, 0) is 0 Å². The third-order valence-corrected chi connectivity index (χ3v) is 6.30. The Hall–Kier alpha value is -3.60. The maximum atomic E-state index is 14.1. The summed E-state index contributed by atoms with van der Waals surface area (Å²) in [6.45, 7) is 1.93. The number of aryl methyl sites for hydroxylation is 1. The minimum absolute atomic E-state index is 0.200. The van der Waals surface area contributed by atoms with Crippen LogP contribution in [-0.4, -0.2) is 37.8 Å². The first kappa shape index (κ1) is 22.2. The van der Waals surface area contributed by atoms with E-state index in [4.69, 9.17) is 17.0 Å². The lowest BCUT2D eigenvalue weighted by molar-refractivity contribution is -0.173. The molecule has 3 heterocycles. The lowest BCUT2D eigenvalue weighted by atomic mass is 9.96. The highest BCUT2D eigenvalue weighted by Crippen LogP contribution is 2.46. The number of alkyl halides is 3. The van der Waals surface area contributed by atoms with E-state index in [0.717, 1.165) is 15.9 Å². The van der Waals surface area contributed by atoms with Gasteiger partial charge in [0.15, 0.2) is 16.6 Å². The maximum absolute atomic E-state index is 14.1. The van der Waals surface area contributed by atoms with Crippen LogP contribution in [0.1, 0.15) is 29.6 Å². The third-order valence-electron chi connectivity index (χ3n) is 6.03. The zero-order valence-electron chi connectivity index (χ0n) is 18.3. The molecular weight excluding hydrogens is 465 g/mol. The summed E-state index contributed by atoms with van der Waals surface area (Å²) in [5, 5.41) is 14.5. The standard InChI is InChI=1S/C23H21F3N6OS/c1-13-5-3-4-6-18(13)31-21(29-30-22(31)34)16-12-27-32-19(23(24,25)26)11-17(28-20(16)32)14-7-9-15(33-2)10-8-14/h3-10,12,17,19,28H,11H2,1-2H3,(H,30,34)/t17-,19+/m1/s1. The van der Waals surface area contributed by atoms with Crippen LogP contribution in [0.3, 0.4) is 0 Å². The van der Waals surface area contributed by atoms with Gasteiger partial charge in [0.05, 0.1) is 30.6 Å². The smallest absolute Gasteiger partial charge is 0.410 e. The van der Waals surface area contributed by atoms with Gasteiger partial charge in [-0.1, -0.05) is 30.3 Å². The highest BCUT2D eigenvalue weighted by atomic mass is 32.1. The van der Waals surface area contributed by atoms with Gasteiger partial charge in [0.2, 0.25) is 0 Å². The van der Waals surface area contributed by atoms with Gasteiger partial charge >= 0.3 is 6.18 Å². The fourth-order valence-corrected chi connectivity index (χ4v) is 4.53. The highest BCUT2D eigenvalue weighted by molar-refractivity contribution is 7.71. The molecule has 2 aromatic carbocycles. The second-order valence-corrected chi connectivity index (χ2v) is 8.48. The van der Waals surface area contributed by atoms with Crippen LogP contribution in [0.25, 0.3) is 17.1 Å². The average Bonchev–Trinajstić information content (AvgIpc) is 3.41. The molecule has 0 spiro atoms. The Morgan fingerprint density at radius 3 is 2.53 bits per heavy atom. The van der Waals surface area contributed by atoms with E-state index >= 15 is 0 Å². The molecular formula is C23H21F3N6OS. The summed E-state index contributed by atoms with van der Waals surface area (Å²) >= 11 is 5.45. The molecule has 2 aromatic heterocycles. The molecule has 4 aromatic rings. The number of aromatic nitrogens is 5. The van der Waals surface area contributed by atoms with E-state index in [2.05, 4.69) is 20.6 Å². The van der Waals surface area contributed by atoms with E-state index in [1.807, 2.05) is 31.2 Å². The van der Waals surface area contributed by atoms with Crippen molar-refractivity contribution in [3.8, 4) is 22.8 Å². The van der Waals surface area contributed by atoms with Crippen LogP contribution in [0.5, 0.6) is 5.75 Å². The molecule has 0 saturated heterocycles. The monoisotopic (exact) mass is 486 g/mol. The van der Waals surface area contributed by atoms with Crippen molar-refractivity contribution in [1.82, 2.24) is 24.5 Å². The van der Waals surface area contributed by atoms with Crippen LogP contribution in [0.4, 0.5) is 19.0 Å². The first-order valence-corrected chi connectivity index (χ1v) is 11.0. The van der Waals surface area contributed by atoms with E-state index in [9.17, 15) is 13.2 Å².